The number of aliphatic hydroxyl groups is 1. The summed E-state index contributed by atoms with van der Waals surface area (Å²) in [6, 6.07) is 3.66. The van der Waals surface area contributed by atoms with Crippen LogP contribution in [0.3, 0.4) is 0 Å². The van der Waals surface area contributed by atoms with Crippen molar-refractivity contribution in [3.05, 3.63) is 35.6 Å². The Kier molecular flexibility index (Phi) is 3.62. The molecule has 0 aromatic carbocycles. The van der Waals surface area contributed by atoms with Crippen molar-refractivity contribution in [2.24, 2.45) is 0 Å². The second kappa shape index (κ2) is 5.56. The highest BCUT2D eigenvalue weighted by atomic mass is 16.5. The van der Waals surface area contributed by atoms with E-state index >= 15 is 0 Å². The lowest BCUT2D eigenvalue weighted by Gasteiger charge is -2.01. The van der Waals surface area contributed by atoms with Crippen molar-refractivity contribution in [1.82, 2.24) is 20.4 Å². The summed E-state index contributed by atoms with van der Waals surface area (Å²) in [7, 11) is 1.58. The molecule has 1 unspecified atom stereocenters. The Labute approximate surface area is 116 Å². The van der Waals surface area contributed by atoms with Crippen molar-refractivity contribution in [2.75, 3.05) is 13.7 Å². The van der Waals surface area contributed by atoms with Crippen LogP contribution in [0, 0.1) is 0 Å². The Morgan fingerprint density at radius 3 is 3.05 bits per heavy atom. The van der Waals surface area contributed by atoms with E-state index in [4.69, 9.17) is 9.26 Å². The van der Waals surface area contributed by atoms with Gasteiger partial charge in [0.05, 0.1) is 19.3 Å². The predicted octanol–water partition coefficient (Wildman–Crippen LogP) is 0.459. The summed E-state index contributed by atoms with van der Waals surface area (Å²) in [6.07, 6.45) is 2.54. The van der Waals surface area contributed by atoms with Gasteiger partial charge in [0.1, 0.15) is 0 Å². The van der Waals surface area contributed by atoms with Crippen molar-refractivity contribution in [1.29, 1.82) is 0 Å². The fourth-order valence-electron chi connectivity index (χ4n) is 2.20. The van der Waals surface area contributed by atoms with E-state index in [-0.39, 0.29) is 12.1 Å². The molecule has 2 atom stereocenters. The molecule has 1 saturated heterocycles. The third-order valence-corrected chi connectivity index (χ3v) is 3.26. The van der Waals surface area contributed by atoms with Crippen LogP contribution in [0.2, 0.25) is 0 Å². The molecule has 3 rings (SSSR count). The summed E-state index contributed by atoms with van der Waals surface area (Å²) in [5.41, 5.74) is 0.984. The fraction of sp³-hybridized carbons (Fsp3) is 0.462. The molecule has 0 spiro atoms. The van der Waals surface area contributed by atoms with Crippen LogP contribution in [0.1, 0.15) is 29.7 Å². The van der Waals surface area contributed by atoms with Gasteiger partial charge in [0.2, 0.25) is 11.8 Å². The monoisotopic (exact) mass is 276 g/mol. The molecule has 0 saturated carbocycles. The highest BCUT2D eigenvalue weighted by Crippen LogP contribution is 2.22. The van der Waals surface area contributed by atoms with Crippen LogP contribution in [0.4, 0.5) is 0 Å². The summed E-state index contributed by atoms with van der Waals surface area (Å²) in [5.74, 6) is 1.71. The topological polar surface area (TPSA) is 93.3 Å². The number of nitrogens with one attached hydrogen (secondary N) is 1. The smallest absolute Gasteiger partial charge is 0.243 e. The van der Waals surface area contributed by atoms with E-state index in [1.54, 1.807) is 19.4 Å². The minimum atomic E-state index is -0.346. The van der Waals surface area contributed by atoms with Crippen LogP contribution in [0.5, 0.6) is 5.88 Å². The first-order valence-corrected chi connectivity index (χ1v) is 6.47. The van der Waals surface area contributed by atoms with Gasteiger partial charge in [-0.15, -0.1) is 0 Å². The molecular formula is C13H16N4O3. The Balaban J connectivity index is 1.67. The summed E-state index contributed by atoms with van der Waals surface area (Å²) in [6.45, 7) is 0.560. The first-order chi connectivity index (χ1) is 9.74. The van der Waals surface area contributed by atoms with Gasteiger partial charge < -0.3 is 19.7 Å². The molecule has 1 fully saturated rings. The second-order valence-corrected chi connectivity index (χ2v) is 4.78. The minimum Gasteiger partial charge on any atom is -0.481 e. The van der Waals surface area contributed by atoms with Crippen molar-refractivity contribution in [3.63, 3.8) is 0 Å². The molecule has 0 bridgehead atoms. The lowest BCUT2D eigenvalue weighted by atomic mass is 10.2. The highest BCUT2D eigenvalue weighted by Gasteiger charge is 2.28. The third-order valence-electron chi connectivity index (χ3n) is 3.26. The quantitative estimate of drug-likeness (QED) is 0.837. The molecule has 0 radical (unpaired) electrons. The minimum absolute atomic E-state index is 0.0553. The van der Waals surface area contributed by atoms with E-state index in [0.717, 1.165) is 5.56 Å². The molecule has 2 N–H and O–H groups in total. The molecule has 106 valence electrons. The van der Waals surface area contributed by atoms with Crippen molar-refractivity contribution in [2.45, 2.75) is 25.0 Å². The lowest BCUT2D eigenvalue weighted by molar-refractivity contribution is 0.191. The van der Waals surface area contributed by atoms with E-state index < -0.39 is 0 Å². The van der Waals surface area contributed by atoms with Gasteiger partial charge in [0.15, 0.2) is 5.82 Å². The number of rotatable bonds is 4. The molecule has 0 amide bonds. The number of hydrogen-bond acceptors (Lipinski definition) is 7. The maximum absolute atomic E-state index is 9.48. The third kappa shape index (κ3) is 2.78. The highest BCUT2D eigenvalue weighted by molar-refractivity contribution is 5.20. The summed E-state index contributed by atoms with van der Waals surface area (Å²) < 4.78 is 10.2. The molecule has 20 heavy (non-hydrogen) atoms. The van der Waals surface area contributed by atoms with Gasteiger partial charge in [0, 0.05) is 25.2 Å². The van der Waals surface area contributed by atoms with Gasteiger partial charge in [-0.25, -0.2) is 4.98 Å². The van der Waals surface area contributed by atoms with E-state index in [1.807, 2.05) is 6.07 Å². The maximum Gasteiger partial charge on any atom is 0.243 e. The van der Waals surface area contributed by atoms with Crippen LogP contribution >= 0.6 is 0 Å². The van der Waals surface area contributed by atoms with E-state index in [2.05, 4.69) is 20.4 Å². The number of hydrogen-bond donors (Lipinski definition) is 2. The Bertz CT molecular complexity index is 569. The van der Waals surface area contributed by atoms with Gasteiger partial charge in [-0.1, -0.05) is 11.2 Å². The number of aliphatic hydroxyl groups excluding tert-OH is 1. The fourth-order valence-corrected chi connectivity index (χ4v) is 2.20. The molecule has 1 aliphatic rings. The number of aromatic nitrogens is 3. The van der Waals surface area contributed by atoms with Crippen LogP contribution in [-0.2, 0) is 6.42 Å². The number of ether oxygens (including phenoxy) is 1. The molecule has 7 heteroatoms. The summed E-state index contributed by atoms with van der Waals surface area (Å²) in [4.78, 5) is 8.49. The van der Waals surface area contributed by atoms with Crippen LogP contribution in [0.25, 0.3) is 0 Å². The van der Waals surface area contributed by atoms with Gasteiger partial charge in [0.25, 0.3) is 0 Å². The molecule has 2 aromatic heterocycles. The standard InChI is InChI=1S/C13H16N4O3/c1-19-12-3-2-8(6-15-12)4-11-16-13(20-17-11)10-5-9(18)7-14-10/h2-3,6,9-10,14,18H,4-5,7H2,1H3/t9?,10-/m0/s1. The predicted molar refractivity (Wildman–Crippen MR) is 69.3 cm³/mol. The van der Waals surface area contributed by atoms with Crippen molar-refractivity contribution < 1.29 is 14.4 Å². The van der Waals surface area contributed by atoms with Crippen molar-refractivity contribution in [3.8, 4) is 5.88 Å². The molecular weight excluding hydrogens is 260 g/mol. The Morgan fingerprint density at radius 1 is 1.50 bits per heavy atom. The molecule has 1 aliphatic heterocycles. The Hall–Kier alpha value is -1.99. The van der Waals surface area contributed by atoms with Crippen LogP contribution in [0.15, 0.2) is 22.9 Å². The first-order valence-electron chi connectivity index (χ1n) is 6.47. The molecule has 2 aromatic rings. The number of methoxy groups -OCH3 is 1. The summed E-state index contributed by atoms with van der Waals surface area (Å²) >= 11 is 0. The van der Waals surface area contributed by atoms with Gasteiger partial charge in [-0.2, -0.15) is 4.98 Å². The maximum atomic E-state index is 9.48. The molecule has 7 nitrogen and oxygen atoms in total. The van der Waals surface area contributed by atoms with Gasteiger partial charge in [-0.3, -0.25) is 0 Å². The Morgan fingerprint density at radius 2 is 2.40 bits per heavy atom. The second-order valence-electron chi connectivity index (χ2n) is 4.78. The first kappa shape index (κ1) is 13.0. The number of nitrogens with zero attached hydrogens (tertiary/aromatic N) is 3. The molecule has 0 aliphatic carbocycles. The van der Waals surface area contributed by atoms with Crippen LogP contribution < -0.4 is 10.1 Å². The zero-order valence-corrected chi connectivity index (χ0v) is 11.1. The average molecular weight is 276 g/mol. The van der Waals surface area contributed by atoms with Crippen molar-refractivity contribution >= 4 is 0 Å². The molecule has 3 heterocycles. The van der Waals surface area contributed by atoms with Gasteiger partial charge >= 0.3 is 0 Å². The largest absolute Gasteiger partial charge is 0.481 e. The van der Waals surface area contributed by atoms with E-state index in [1.165, 1.54) is 0 Å². The zero-order chi connectivity index (χ0) is 13.9. The van der Waals surface area contributed by atoms with E-state index in [0.29, 0.717) is 37.0 Å². The number of β-amino-alcohol motifs (C(OH)–C–C–N with tert-alkyl or cyclic N) is 1. The van der Waals surface area contributed by atoms with E-state index in [9.17, 15) is 5.11 Å². The lowest BCUT2D eigenvalue weighted by Crippen LogP contribution is -2.15. The average Bonchev–Trinajstić information content (AvgIpc) is 3.09. The summed E-state index contributed by atoms with van der Waals surface area (Å²) in [5, 5.41) is 16.6. The van der Waals surface area contributed by atoms with Crippen LogP contribution in [-0.4, -0.2) is 40.0 Å². The SMILES string of the molecule is COc1ccc(Cc2noc([C@@H]3CC(O)CN3)n2)cn1. The zero-order valence-electron chi connectivity index (χ0n) is 11.1. The normalized spacial score (nSPS) is 22.1. The van der Waals surface area contributed by atoms with Gasteiger partial charge in [-0.05, 0) is 12.0 Å². The number of pyridine rings is 1.